The number of aryl methyl sites for hydroxylation is 1. The Bertz CT molecular complexity index is 1870. The topological polar surface area (TPSA) is 22.1 Å². The van der Waals surface area contributed by atoms with Crippen LogP contribution in [-0.4, -0.2) is 25.6 Å². The fourth-order valence-electron chi connectivity index (χ4n) is 7.47. The van der Waals surface area contributed by atoms with Crippen molar-refractivity contribution >= 4 is 78.3 Å². The van der Waals surface area contributed by atoms with Crippen LogP contribution in [0.4, 0.5) is 0 Å². The molecule has 256 valence electrons. The molecule has 1 aromatic heterocycles. The Morgan fingerprint density at radius 3 is 1.48 bits per heavy atom. The van der Waals surface area contributed by atoms with E-state index in [0.717, 1.165) is 23.3 Å². The van der Waals surface area contributed by atoms with Crippen molar-refractivity contribution in [3.8, 4) is 0 Å². The van der Waals surface area contributed by atoms with Crippen molar-refractivity contribution in [2.24, 2.45) is 0 Å². The zero-order chi connectivity index (χ0) is 35.3. The predicted molar refractivity (Wildman–Crippen MR) is 232 cm³/mol. The summed E-state index contributed by atoms with van der Waals surface area (Å²) in [5.41, 5.74) is 2.21. The van der Waals surface area contributed by atoms with Crippen LogP contribution in [0.2, 0.25) is 5.04 Å². The van der Waals surface area contributed by atoms with Gasteiger partial charge in [-0.1, -0.05) is 0 Å². The molecule has 1 unspecified atom stereocenters. The number of nitrogens with zero attached hydrogens (tertiary/aromatic N) is 1. The number of rotatable bonds is 12. The van der Waals surface area contributed by atoms with Crippen molar-refractivity contribution in [2.45, 2.75) is 52.2 Å². The summed E-state index contributed by atoms with van der Waals surface area (Å²) >= 11 is 4.62. The van der Waals surface area contributed by atoms with Gasteiger partial charge in [0, 0.05) is 0 Å². The second kappa shape index (κ2) is 15.2. The Labute approximate surface area is 317 Å². The van der Waals surface area contributed by atoms with Crippen LogP contribution >= 0.6 is 37.6 Å². The van der Waals surface area contributed by atoms with Gasteiger partial charge in [-0.15, -0.1) is 0 Å². The molecule has 5 aromatic carbocycles. The number of halogens is 1. The molecule has 2 nitrogen and oxygen atoms in total. The van der Waals surface area contributed by atoms with Gasteiger partial charge in [-0.3, -0.25) is 0 Å². The normalized spacial score (nSPS) is 14.1. The molecular formula is C44H47INOPSSi. The van der Waals surface area contributed by atoms with E-state index in [-0.39, 0.29) is 11.1 Å². The second-order valence-corrected chi connectivity index (χ2v) is 30.2. The van der Waals surface area contributed by atoms with Crippen LogP contribution in [0.5, 0.6) is 0 Å². The van der Waals surface area contributed by atoms with Gasteiger partial charge in [-0.25, -0.2) is 0 Å². The molecule has 6 aromatic rings. The van der Waals surface area contributed by atoms with Crippen molar-refractivity contribution in [1.29, 1.82) is 0 Å². The molecule has 0 N–H and O–H groups in total. The summed E-state index contributed by atoms with van der Waals surface area (Å²) in [4.78, 5) is 4.86. The van der Waals surface area contributed by atoms with Crippen molar-refractivity contribution < 1.29 is 4.43 Å². The third-order valence-electron chi connectivity index (χ3n) is 9.95. The number of thiazole rings is 1. The fraction of sp³-hybridized carbons (Fsp3) is 0.205. The summed E-state index contributed by atoms with van der Waals surface area (Å²) in [5.74, 6) is 0. The van der Waals surface area contributed by atoms with Crippen LogP contribution in [0.15, 0.2) is 163 Å². The SMILES string of the molecule is C/C(=C\c1csc(C)n1)C(CCP(I)(c1ccccc1)(c1ccccc1)c1ccccc1)O[Si](c1ccccc1)(c1ccccc1)C(C)(C)C. The summed E-state index contributed by atoms with van der Waals surface area (Å²) in [6.45, 7) is 11.4. The van der Waals surface area contributed by atoms with Gasteiger partial charge < -0.3 is 0 Å². The van der Waals surface area contributed by atoms with E-state index in [0.29, 0.717) is 0 Å². The molecule has 0 amide bonds. The van der Waals surface area contributed by atoms with E-state index < -0.39 is 12.6 Å². The molecule has 0 spiro atoms. The molecule has 6 rings (SSSR count). The molecule has 0 aliphatic rings. The predicted octanol–water partition coefficient (Wildman–Crippen LogP) is 10.1. The molecule has 0 aliphatic heterocycles. The Morgan fingerprint density at radius 2 is 1.12 bits per heavy atom. The van der Waals surface area contributed by atoms with Gasteiger partial charge in [0.2, 0.25) is 0 Å². The summed E-state index contributed by atoms with van der Waals surface area (Å²) in [7, 11) is -2.89. The number of aromatic nitrogens is 1. The summed E-state index contributed by atoms with van der Waals surface area (Å²) in [6.07, 6.45) is 3.89. The van der Waals surface area contributed by atoms with Crippen molar-refractivity contribution in [3.05, 3.63) is 173 Å². The molecular weight excluding hydrogens is 777 g/mol. The van der Waals surface area contributed by atoms with Crippen LogP contribution in [0.1, 0.15) is 44.8 Å². The van der Waals surface area contributed by atoms with Crippen LogP contribution < -0.4 is 26.3 Å². The number of benzene rings is 5. The van der Waals surface area contributed by atoms with Crippen molar-refractivity contribution in [3.63, 3.8) is 0 Å². The molecule has 0 bridgehead atoms. The summed E-state index contributed by atoms with van der Waals surface area (Å²) < 4.78 is 4.96. The third kappa shape index (κ3) is 7.00. The third-order valence-corrected chi connectivity index (χ3v) is 27.5. The summed E-state index contributed by atoms with van der Waals surface area (Å²) in [5, 5.41) is 9.83. The van der Waals surface area contributed by atoms with Gasteiger partial charge in [0.15, 0.2) is 0 Å². The quantitative estimate of drug-likeness (QED) is 0.0697. The first-order chi connectivity index (χ1) is 24.1. The fourth-order valence-corrected chi connectivity index (χ4v) is 21.3. The van der Waals surface area contributed by atoms with Crippen molar-refractivity contribution in [2.75, 3.05) is 6.16 Å². The van der Waals surface area contributed by atoms with Gasteiger partial charge in [0.05, 0.1) is 0 Å². The second-order valence-electron chi connectivity index (χ2n) is 14.2. The molecule has 1 heterocycles. The summed E-state index contributed by atoms with van der Waals surface area (Å²) in [6, 6.07) is 55.8. The van der Waals surface area contributed by atoms with Crippen molar-refractivity contribution in [1.82, 2.24) is 4.98 Å². The molecule has 0 aliphatic carbocycles. The van der Waals surface area contributed by atoms with E-state index >= 15 is 0 Å². The number of hydrogen-bond donors (Lipinski definition) is 0. The number of hydrogen-bond acceptors (Lipinski definition) is 3. The van der Waals surface area contributed by atoms with Gasteiger partial charge in [0.1, 0.15) is 0 Å². The molecule has 0 radical (unpaired) electrons. The Balaban J connectivity index is 1.58. The van der Waals surface area contributed by atoms with Gasteiger partial charge in [-0.2, -0.15) is 0 Å². The van der Waals surface area contributed by atoms with E-state index in [1.165, 1.54) is 31.9 Å². The monoisotopic (exact) mass is 823 g/mol. The van der Waals surface area contributed by atoms with Crippen LogP contribution in [0, 0.1) is 6.92 Å². The molecule has 50 heavy (non-hydrogen) atoms. The van der Waals surface area contributed by atoms with Gasteiger partial charge in [0.25, 0.3) is 0 Å². The Morgan fingerprint density at radius 1 is 0.720 bits per heavy atom. The zero-order valence-corrected chi connectivity index (χ0v) is 34.5. The van der Waals surface area contributed by atoms with E-state index in [1.807, 2.05) is 0 Å². The minimum absolute atomic E-state index is 0.153. The molecule has 0 fully saturated rings. The first kappa shape index (κ1) is 36.6. The maximum absolute atomic E-state index is 8.03. The maximum atomic E-state index is 8.03. The Kier molecular flexibility index (Phi) is 11.1. The average Bonchev–Trinajstić information content (AvgIpc) is 3.56. The molecule has 0 saturated carbocycles. The van der Waals surface area contributed by atoms with Gasteiger partial charge >= 0.3 is 319 Å². The van der Waals surface area contributed by atoms with Crippen LogP contribution in [-0.2, 0) is 4.43 Å². The molecule has 1 atom stereocenters. The first-order valence-electron chi connectivity index (χ1n) is 17.3. The molecule has 0 saturated heterocycles. The van der Waals surface area contributed by atoms with E-state index in [1.54, 1.807) is 11.3 Å². The van der Waals surface area contributed by atoms with E-state index in [4.69, 9.17) is 9.41 Å². The Hall–Kier alpha value is -3.19. The van der Waals surface area contributed by atoms with Gasteiger partial charge in [-0.05, 0) is 0 Å². The standard InChI is InChI=1S/C44H47INOPSSi/c1-35(33-37-34-49-36(2)46-37)43(47-50(44(3,4)5,41-27-17-9-18-28-41)42-29-19-10-20-30-42)31-32-48(45,38-21-11-6-12-22-38,39-23-13-7-14-24-39)40-25-15-8-16-26-40/h6-30,33-34,43H,31-32H2,1-5H3/b35-33+. The van der Waals surface area contributed by atoms with E-state index in [2.05, 4.69) is 220 Å². The zero-order valence-electron chi connectivity index (χ0n) is 29.7. The minimum atomic E-state index is -3.07. The van der Waals surface area contributed by atoms with Crippen LogP contribution in [0.3, 0.4) is 0 Å². The molecule has 6 heteroatoms. The van der Waals surface area contributed by atoms with Crippen LogP contribution in [0.25, 0.3) is 6.08 Å². The van der Waals surface area contributed by atoms with E-state index in [9.17, 15) is 0 Å². The average molecular weight is 824 g/mol. The first-order valence-corrected chi connectivity index (χ1v) is 25.3.